The number of benzene rings is 2. The van der Waals surface area contributed by atoms with Gasteiger partial charge in [0, 0.05) is 5.56 Å². The van der Waals surface area contributed by atoms with E-state index < -0.39 is 11.3 Å². The van der Waals surface area contributed by atoms with E-state index in [9.17, 15) is 4.79 Å². The number of aryl methyl sites for hydroxylation is 1. The highest BCUT2D eigenvalue weighted by molar-refractivity contribution is 6.64. The summed E-state index contributed by atoms with van der Waals surface area (Å²) < 4.78 is 5.64. The molecular weight excluding hydrogens is 248 g/mol. The molecule has 3 heteroatoms. The number of carbonyl (C=O) groups excluding carboxylic acids is 1. The van der Waals surface area contributed by atoms with Gasteiger partial charge in [0.05, 0.1) is 0 Å². The second-order valence-corrected chi connectivity index (χ2v) is 4.40. The predicted octanol–water partition coefficient (Wildman–Crippen LogP) is 3.88. The van der Waals surface area contributed by atoms with Crippen LogP contribution < -0.4 is 4.74 Å². The van der Waals surface area contributed by atoms with Gasteiger partial charge in [-0.05, 0) is 30.7 Å². The summed E-state index contributed by atoms with van der Waals surface area (Å²) in [4.78, 5) is 11.5. The quantitative estimate of drug-likeness (QED) is 0.780. The third-order valence-electron chi connectivity index (χ3n) is 2.58. The van der Waals surface area contributed by atoms with Crippen LogP contribution in [0.25, 0.3) is 0 Å². The largest absolute Gasteiger partial charge is 0.477 e. The van der Waals surface area contributed by atoms with Gasteiger partial charge in [0.2, 0.25) is 0 Å². The Kier molecular flexibility index (Phi) is 4.00. The minimum atomic E-state index is -0.768. The molecule has 1 unspecified atom stereocenters. The molecule has 0 saturated carbocycles. The summed E-state index contributed by atoms with van der Waals surface area (Å²) in [7, 11) is 0. The van der Waals surface area contributed by atoms with Gasteiger partial charge in [-0.2, -0.15) is 0 Å². The van der Waals surface area contributed by atoms with Gasteiger partial charge in [-0.1, -0.05) is 48.0 Å². The number of ether oxygens (including phenoxy) is 1. The fraction of sp³-hybridized carbons (Fsp3) is 0.133. The van der Waals surface area contributed by atoms with Crippen LogP contribution in [0.4, 0.5) is 0 Å². The monoisotopic (exact) mass is 260 g/mol. The fourth-order valence-electron chi connectivity index (χ4n) is 1.63. The highest BCUT2D eigenvalue weighted by atomic mass is 35.5. The second-order valence-electron chi connectivity index (χ2n) is 4.03. The van der Waals surface area contributed by atoms with Crippen LogP contribution in [0.2, 0.25) is 0 Å². The van der Waals surface area contributed by atoms with Crippen LogP contribution in [-0.2, 0) is 4.79 Å². The smallest absolute Gasteiger partial charge is 0.267 e. The Labute approximate surface area is 111 Å². The van der Waals surface area contributed by atoms with Gasteiger partial charge >= 0.3 is 0 Å². The van der Waals surface area contributed by atoms with E-state index in [-0.39, 0.29) is 0 Å². The number of rotatable bonds is 4. The molecule has 0 heterocycles. The van der Waals surface area contributed by atoms with Crippen molar-refractivity contribution in [3.63, 3.8) is 0 Å². The van der Waals surface area contributed by atoms with Gasteiger partial charge in [-0.25, -0.2) is 0 Å². The summed E-state index contributed by atoms with van der Waals surface area (Å²) in [5.74, 6) is 0.628. The van der Waals surface area contributed by atoms with E-state index in [0.29, 0.717) is 5.75 Å². The molecule has 0 spiro atoms. The molecule has 1 atom stereocenters. The van der Waals surface area contributed by atoms with E-state index >= 15 is 0 Å². The normalized spacial score (nSPS) is 11.9. The molecule has 2 rings (SSSR count). The van der Waals surface area contributed by atoms with E-state index in [2.05, 4.69) is 0 Å². The lowest BCUT2D eigenvalue weighted by Gasteiger charge is -2.15. The third-order valence-corrected chi connectivity index (χ3v) is 2.78. The first kappa shape index (κ1) is 12.7. The molecule has 18 heavy (non-hydrogen) atoms. The van der Waals surface area contributed by atoms with Crippen molar-refractivity contribution in [2.75, 3.05) is 0 Å². The number of hydrogen-bond donors (Lipinski definition) is 0. The summed E-state index contributed by atoms with van der Waals surface area (Å²) in [6.07, 6.45) is -0.768. The van der Waals surface area contributed by atoms with Crippen molar-refractivity contribution in [2.45, 2.75) is 13.0 Å². The fourth-order valence-corrected chi connectivity index (χ4v) is 1.80. The SMILES string of the molecule is Cc1ccc(OC(C(=O)Cl)c2ccccc2)cc1. The van der Waals surface area contributed by atoms with E-state index in [0.717, 1.165) is 11.1 Å². The Morgan fingerprint density at radius 3 is 2.22 bits per heavy atom. The molecule has 0 aliphatic carbocycles. The zero-order valence-corrected chi connectivity index (χ0v) is 10.7. The van der Waals surface area contributed by atoms with Crippen molar-refractivity contribution in [3.8, 4) is 5.75 Å². The van der Waals surface area contributed by atoms with Crippen LogP contribution >= 0.6 is 11.6 Å². The zero-order valence-electron chi connectivity index (χ0n) is 9.97. The molecule has 0 aliphatic heterocycles. The summed E-state index contributed by atoms with van der Waals surface area (Å²) >= 11 is 5.60. The minimum Gasteiger partial charge on any atom is -0.477 e. The van der Waals surface area contributed by atoms with Crippen molar-refractivity contribution in [1.82, 2.24) is 0 Å². The highest BCUT2D eigenvalue weighted by Crippen LogP contribution is 2.24. The van der Waals surface area contributed by atoms with Crippen molar-refractivity contribution < 1.29 is 9.53 Å². The summed E-state index contributed by atoms with van der Waals surface area (Å²) in [6.45, 7) is 1.99. The minimum absolute atomic E-state index is 0.526. The van der Waals surface area contributed by atoms with Crippen molar-refractivity contribution in [1.29, 1.82) is 0 Å². The average Bonchev–Trinajstić information content (AvgIpc) is 2.38. The molecule has 92 valence electrons. The zero-order chi connectivity index (χ0) is 13.0. The Balaban J connectivity index is 2.22. The standard InChI is InChI=1S/C15H13ClO2/c1-11-7-9-13(10-8-11)18-14(15(16)17)12-5-3-2-4-6-12/h2-10,14H,1H3. The maximum Gasteiger partial charge on any atom is 0.267 e. The van der Waals surface area contributed by atoms with Gasteiger partial charge in [0.15, 0.2) is 6.10 Å². The van der Waals surface area contributed by atoms with Gasteiger partial charge in [0.1, 0.15) is 5.75 Å². The maximum atomic E-state index is 11.5. The molecule has 0 N–H and O–H groups in total. The first-order chi connectivity index (χ1) is 8.66. The summed E-state index contributed by atoms with van der Waals surface area (Å²) in [6, 6.07) is 16.7. The van der Waals surface area contributed by atoms with Crippen molar-refractivity contribution in [2.24, 2.45) is 0 Å². The highest BCUT2D eigenvalue weighted by Gasteiger charge is 2.20. The number of carbonyl (C=O) groups is 1. The van der Waals surface area contributed by atoms with Gasteiger partial charge in [-0.3, -0.25) is 4.79 Å². The van der Waals surface area contributed by atoms with Crippen molar-refractivity contribution in [3.05, 3.63) is 65.7 Å². The molecule has 2 aromatic carbocycles. The van der Waals surface area contributed by atoms with Crippen molar-refractivity contribution >= 4 is 16.8 Å². The van der Waals surface area contributed by atoms with Crippen LogP contribution in [0, 0.1) is 6.92 Å². The van der Waals surface area contributed by atoms with Crippen LogP contribution in [0.15, 0.2) is 54.6 Å². The molecular formula is C15H13ClO2. The van der Waals surface area contributed by atoms with Crippen LogP contribution in [0.3, 0.4) is 0 Å². The topological polar surface area (TPSA) is 26.3 Å². The Hall–Kier alpha value is -1.80. The van der Waals surface area contributed by atoms with Crippen LogP contribution in [0.1, 0.15) is 17.2 Å². The molecule has 0 aliphatic rings. The number of hydrogen-bond acceptors (Lipinski definition) is 2. The summed E-state index contributed by atoms with van der Waals surface area (Å²) in [5.41, 5.74) is 1.88. The Morgan fingerprint density at radius 1 is 1.06 bits per heavy atom. The lowest BCUT2D eigenvalue weighted by Crippen LogP contribution is -2.14. The summed E-state index contributed by atoms with van der Waals surface area (Å²) in [5, 5.41) is -0.526. The van der Waals surface area contributed by atoms with Gasteiger partial charge < -0.3 is 4.74 Å². The van der Waals surface area contributed by atoms with Gasteiger partial charge in [-0.15, -0.1) is 0 Å². The number of halogens is 1. The van der Waals surface area contributed by atoms with Crippen LogP contribution in [-0.4, -0.2) is 5.24 Å². The Morgan fingerprint density at radius 2 is 1.67 bits per heavy atom. The Bertz CT molecular complexity index is 520. The molecule has 0 saturated heterocycles. The first-order valence-corrected chi connectivity index (χ1v) is 6.02. The molecule has 2 aromatic rings. The lowest BCUT2D eigenvalue weighted by molar-refractivity contribution is -0.118. The van der Waals surface area contributed by atoms with E-state index in [4.69, 9.17) is 16.3 Å². The van der Waals surface area contributed by atoms with E-state index in [1.807, 2.05) is 61.5 Å². The lowest BCUT2D eigenvalue weighted by atomic mass is 10.1. The molecule has 0 bridgehead atoms. The van der Waals surface area contributed by atoms with E-state index in [1.165, 1.54) is 0 Å². The maximum absolute atomic E-state index is 11.5. The average molecular weight is 261 g/mol. The second kappa shape index (κ2) is 5.69. The van der Waals surface area contributed by atoms with Crippen LogP contribution in [0.5, 0.6) is 5.75 Å². The molecule has 2 nitrogen and oxygen atoms in total. The molecule has 0 amide bonds. The third kappa shape index (κ3) is 3.11. The molecule has 0 fully saturated rings. The predicted molar refractivity (Wildman–Crippen MR) is 71.9 cm³/mol. The first-order valence-electron chi connectivity index (χ1n) is 5.64. The molecule has 0 radical (unpaired) electrons. The molecule has 0 aromatic heterocycles. The van der Waals surface area contributed by atoms with E-state index in [1.54, 1.807) is 0 Å². The van der Waals surface area contributed by atoms with Gasteiger partial charge in [0.25, 0.3) is 5.24 Å².